The molecule has 0 saturated heterocycles. The van der Waals surface area contributed by atoms with Crippen LogP contribution in [0.3, 0.4) is 0 Å². The number of nitrogens with two attached hydrogens (primary N) is 2. The number of thioether (sulfide) groups is 1. The lowest BCUT2D eigenvalue weighted by atomic mass is 10.5. The van der Waals surface area contributed by atoms with Crippen LogP contribution < -0.4 is 11.5 Å². The Kier molecular flexibility index (Phi) is 3.43. The predicted octanol–water partition coefficient (Wildman–Crippen LogP) is 0.879. The number of rotatable bonds is 4. The molecule has 0 amide bonds. The fraction of sp³-hybridized carbons (Fsp3) is 0.333. The highest BCUT2D eigenvalue weighted by molar-refractivity contribution is 7.98. The summed E-state index contributed by atoms with van der Waals surface area (Å²) in [6.07, 6.45) is 0.746. The Bertz CT molecular complexity index is 494. The zero-order valence-electron chi connectivity index (χ0n) is 9.25. The van der Waals surface area contributed by atoms with Crippen molar-refractivity contribution in [3.8, 4) is 0 Å². The van der Waals surface area contributed by atoms with Crippen LogP contribution in [0.2, 0.25) is 0 Å². The first-order valence-electron chi connectivity index (χ1n) is 5.01. The third-order valence-electron chi connectivity index (χ3n) is 1.90. The monoisotopic (exact) mass is 252 g/mol. The van der Waals surface area contributed by atoms with Crippen molar-refractivity contribution >= 4 is 23.4 Å². The van der Waals surface area contributed by atoms with Crippen molar-refractivity contribution in [3.63, 3.8) is 0 Å². The fourth-order valence-corrected chi connectivity index (χ4v) is 1.85. The number of nitrogen functional groups attached to an aromatic ring is 2. The average Bonchev–Trinajstić information content (AvgIpc) is 2.73. The van der Waals surface area contributed by atoms with E-state index >= 15 is 0 Å². The number of hydrogen-bond acceptors (Lipinski definition) is 8. The van der Waals surface area contributed by atoms with E-state index in [1.807, 2.05) is 6.92 Å². The standard InChI is InChI=1S/C9H12N6OS/c1-2-7-14-8(16-15-7)4-17-9-12-5(10)3-6(11)13-9/h3H,2,4H2,1H3,(H4,10,11,12,13). The summed E-state index contributed by atoms with van der Waals surface area (Å²) < 4.78 is 5.04. The average molecular weight is 252 g/mol. The minimum absolute atomic E-state index is 0.347. The Balaban J connectivity index is 2.01. The third-order valence-corrected chi connectivity index (χ3v) is 2.73. The van der Waals surface area contributed by atoms with Crippen molar-refractivity contribution in [1.29, 1.82) is 0 Å². The summed E-state index contributed by atoms with van der Waals surface area (Å²) in [6, 6.07) is 1.51. The zero-order chi connectivity index (χ0) is 12.3. The number of hydrogen-bond donors (Lipinski definition) is 2. The molecular weight excluding hydrogens is 240 g/mol. The minimum atomic E-state index is 0.347. The third kappa shape index (κ3) is 3.06. The van der Waals surface area contributed by atoms with E-state index in [0.29, 0.717) is 34.3 Å². The van der Waals surface area contributed by atoms with Gasteiger partial charge in [0.05, 0.1) is 5.75 Å². The summed E-state index contributed by atoms with van der Waals surface area (Å²) in [5, 5.41) is 4.29. The quantitative estimate of drug-likeness (QED) is 0.608. The Morgan fingerprint density at radius 1 is 1.24 bits per heavy atom. The number of aromatic nitrogens is 4. The van der Waals surface area contributed by atoms with E-state index in [2.05, 4.69) is 20.1 Å². The summed E-state index contributed by atoms with van der Waals surface area (Å²) >= 11 is 1.35. The Morgan fingerprint density at radius 3 is 2.53 bits per heavy atom. The van der Waals surface area contributed by atoms with Crippen LogP contribution in [0.1, 0.15) is 18.6 Å². The molecular formula is C9H12N6OS. The van der Waals surface area contributed by atoms with Crippen molar-refractivity contribution in [1.82, 2.24) is 20.1 Å². The molecule has 0 saturated carbocycles. The molecule has 0 radical (unpaired) electrons. The minimum Gasteiger partial charge on any atom is -0.383 e. The number of nitrogens with zero attached hydrogens (tertiary/aromatic N) is 4. The van der Waals surface area contributed by atoms with Gasteiger partial charge in [-0.25, -0.2) is 9.97 Å². The first kappa shape index (κ1) is 11.6. The molecule has 4 N–H and O–H groups in total. The second-order valence-corrected chi connectivity index (χ2v) is 4.19. The lowest BCUT2D eigenvalue weighted by molar-refractivity contribution is 0.385. The molecule has 0 aliphatic heterocycles. The van der Waals surface area contributed by atoms with Crippen LogP contribution in [-0.2, 0) is 12.2 Å². The van der Waals surface area contributed by atoms with Crippen molar-refractivity contribution in [2.24, 2.45) is 0 Å². The second-order valence-electron chi connectivity index (χ2n) is 3.25. The van der Waals surface area contributed by atoms with Crippen LogP contribution in [0.4, 0.5) is 11.6 Å². The zero-order valence-corrected chi connectivity index (χ0v) is 10.1. The summed E-state index contributed by atoms with van der Waals surface area (Å²) in [5.41, 5.74) is 11.1. The van der Waals surface area contributed by atoms with Crippen LogP contribution in [0, 0.1) is 0 Å². The van der Waals surface area contributed by atoms with E-state index in [0.717, 1.165) is 6.42 Å². The van der Waals surface area contributed by atoms with Crippen LogP contribution in [0.5, 0.6) is 0 Å². The highest BCUT2D eigenvalue weighted by atomic mass is 32.2. The highest BCUT2D eigenvalue weighted by Crippen LogP contribution is 2.20. The molecule has 0 unspecified atom stereocenters. The van der Waals surface area contributed by atoms with Crippen LogP contribution in [0.15, 0.2) is 15.7 Å². The molecule has 2 aromatic rings. The van der Waals surface area contributed by atoms with E-state index in [1.54, 1.807) is 0 Å². The van der Waals surface area contributed by atoms with Crippen molar-refractivity contribution < 1.29 is 4.52 Å². The van der Waals surface area contributed by atoms with Gasteiger partial charge in [-0.15, -0.1) is 0 Å². The summed E-state index contributed by atoms with van der Waals surface area (Å²) in [7, 11) is 0. The van der Waals surface area contributed by atoms with Crippen LogP contribution in [-0.4, -0.2) is 20.1 Å². The highest BCUT2D eigenvalue weighted by Gasteiger charge is 2.07. The van der Waals surface area contributed by atoms with Gasteiger partial charge >= 0.3 is 0 Å². The van der Waals surface area contributed by atoms with Gasteiger partial charge in [-0.05, 0) is 0 Å². The fourth-order valence-electron chi connectivity index (χ4n) is 1.15. The molecule has 2 heterocycles. The van der Waals surface area contributed by atoms with Gasteiger partial charge in [-0.3, -0.25) is 0 Å². The topological polar surface area (TPSA) is 117 Å². The Morgan fingerprint density at radius 2 is 1.94 bits per heavy atom. The summed E-state index contributed by atoms with van der Waals surface area (Å²) in [4.78, 5) is 12.2. The smallest absolute Gasteiger partial charge is 0.237 e. The maximum absolute atomic E-state index is 5.56. The molecule has 0 aliphatic carbocycles. The maximum atomic E-state index is 5.56. The van der Waals surface area contributed by atoms with Crippen molar-refractivity contribution in [2.75, 3.05) is 11.5 Å². The summed E-state index contributed by atoms with van der Waals surface area (Å²) in [6.45, 7) is 1.96. The Hall–Kier alpha value is -1.83. The molecule has 17 heavy (non-hydrogen) atoms. The second kappa shape index (κ2) is 5.00. The molecule has 0 spiro atoms. The summed E-state index contributed by atoms with van der Waals surface area (Å²) in [5.74, 6) is 2.42. The molecule has 0 bridgehead atoms. The molecule has 90 valence electrons. The van der Waals surface area contributed by atoms with Crippen molar-refractivity contribution in [3.05, 3.63) is 17.8 Å². The molecule has 7 nitrogen and oxygen atoms in total. The van der Waals surface area contributed by atoms with Crippen molar-refractivity contribution in [2.45, 2.75) is 24.3 Å². The lowest BCUT2D eigenvalue weighted by Gasteiger charge is -2.00. The number of aryl methyl sites for hydroxylation is 1. The molecule has 0 atom stereocenters. The molecule has 2 rings (SSSR count). The maximum Gasteiger partial charge on any atom is 0.237 e. The van der Waals surface area contributed by atoms with Crippen LogP contribution >= 0.6 is 11.8 Å². The van der Waals surface area contributed by atoms with Gasteiger partial charge < -0.3 is 16.0 Å². The van der Waals surface area contributed by atoms with E-state index < -0.39 is 0 Å². The van der Waals surface area contributed by atoms with Crippen LogP contribution in [0.25, 0.3) is 0 Å². The predicted molar refractivity (Wildman–Crippen MR) is 64.1 cm³/mol. The SMILES string of the molecule is CCc1noc(CSc2nc(N)cc(N)n2)n1. The van der Waals surface area contributed by atoms with Gasteiger partial charge in [0.15, 0.2) is 11.0 Å². The van der Waals surface area contributed by atoms with Gasteiger partial charge in [0.25, 0.3) is 0 Å². The Labute approximate surface area is 102 Å². The van der Waals surface area contributed by atoms with E-state index in [1.165, 1.54) is 17.8 Å². The van der Waals surface area contributed by atoms with Gasteiger partial charge in [0.2, 0.25) is 5.89 Å². The largest absolute Gasteiger partial charge is 0.383 e. The van der Waals surface area contributed by atoms with E-state index in [4.69, 9.17) is 16.0 Å². The number of anilines is 2. The molecule has 8 heteroatoms. The molecule has 0 aromatic carbocycles. The van der Waals surface area contributed by atoms with E-state index in [9.17, 15) is 0 Å². The molecule has 0 fully saturated rings. The first-order chi connectivity index (χ1) is 8.17. The van der Waals surface area contributed by atoms with E-state index in [-0.39, 0.29) is 0 Å². The lowest BCUT2D eigenvalue weighted by Crippen LogP contribution is -1.99. The van der Waals surface area contributed by atoms with Gasteiger partial charge in [-0.1, -0.05) is 23.8 Å². The molecule has 2 aromatic heterocycles. The van der Waals surface area contributed by atoms with Gasteiger partial charge in [0.1, 0.15) is 11.6 Å². The normalized spacial score (nSPS) is 10.6. The molecule has 0 aliphatic rings. The first-order valence-corrected chi connectivity index (χ1v) is 6.00. The van der Waals surface area contributed by atoms with Gasteiger partial charge in [0, 0.05) is 12.5 Å². The van der Waals surface area contributed by atoms with Gasteiger partial charge in [-0.2, -0.15) is 4.98 Å².